The molecule has 2 rings (SSSR count). The summed E-state index contributed by atoms with van der Waals surface area (Å²) in [4.78, 5) is 15.2. The van der Waals surface area contributed by atoms with Crippen LogP contribution in [0, 0.1) is 0 Å². The van der Waals surface area contributed by atoms with Crippen LogP contribution in [0.25, 0.3) is 10.9 Å². The Hall–Kier alpha value is -1.13. The minimum absolute atomic E-state index is 0.178. The van der Waals surface area contributed by atoms with Gasteiger partial charge in [0.05, 0.1) is 0 Å². The van der Waals surface area contributed by atoms with Crippen LogP contribution in [0.1, 0.15) is 19.8 Å². The second kappa shape index (κ2) is 5.88. The molecule has 1 unspecified atom stereocenters. The molecule has 0 aliphatic heterocycles. The van der Waals surface area contributed by atoms with Crippen molar-refractivity contribution in [3.63, 3.8) is 0 Å². The van der Waals surface area contributed by atoms with Crippen molar-refractivity contribution >= 4 is 33.4 Å². The SMILES string of the molecule is CCCC[S+](C)c1c([O-])c2cc(Cl)ccc2[nH]c1=O. The van der Waals surface area contributed by atoms with Gasteiger partial charge in [0, 0.05) is 21.4 Å². The van der Waals surface area contributed by atoms with E-state index in [-0.39, 0.29) is 22.2 Å². The highest BCUT2D eigenvalue weighted by atomic mass is 35.5. The molecule has 1 atom stereocenters. The third-order valence-electron chi connectivity index (χ3n) is 3.04. The van der Waals surface area contributed by atoms with Crippen molar-refractivity contribution in [2.75, 3.05) is 12.0 Å². The summed E-state index contributed by atoms with van der Waals surface area (Å²) in [6.07, 6.45) is 4.03. The number of pyridine rings is 1. The maximum atomic E-state index is 12.4. The molecule has 0 aliphatic rings. The molecule has 0 spiro atoms. The van der Waals surface area contributed by atoms with E-state index >= 15 is 0 Å². The summed E-state index contributed by atoms with van der Waals surface area (Å²) in [6.45, 7) is 2.10. The van der Waals surface area contributed by atoms with Crippen LogP contribution in [0.2, 0.25) is 5.02 Å². The van der Waals surface area contributed by atoms with Crippen molar-refractivity contribution in [2.24, 2.45) is 0 Å². The molecule has 1 heterocycles. The van der Waals surface area contributed by atoms with Gasteiger partial charge in [0.25, 0.3) is 0 Å². The first-order valence-corrected chi connectivity index (χ1v) is 8.37. The van der Waals surface area contributed by atoms with E-state index in [4.69, 9.17) is 11.6 Å². The molecule has 19 heavy (non-hydrogen) atoms. The highest BCUT2D eigenvalue weighted by Crippen LogP contribution is 2.28. The Morgan fingerprint density at radius 3 is 2.84 bits per heavy atom. The maximum absolute atomic E-state index is 12.4. The number of fused-ring (bicyclic) bond motifs is 1. The third kappa shape index (κ3) is 2.90. The van der Waals surface area contributed by atoms with Gasteiger partial charge in [-0.3, -0.25) is 4.79 Å². The largest absolute Gasteiger partial charge is 0.868 e. The number of hydrogen-bond donors (Lipinski definition) is 1. The van der Waals surface area contributed by atoms with Gasteiger partial charge in [-0.25, -0.2) is 0 Å². The lowest BCUT2D eigenvalue weighted by Gasteiger charge is -2.14. The summed E-state index contributed by atoms with van der Waals surface area (Å²) in [5.41, 5.74) is 0.289. The molecule has 0 saturated carbocycles. The van der Waals surface area contributed by atoms with Gasteiger partial charge in [-0.05, 0) is 35.8 Å². The first-order valence-electron chi connectivity index (χ1n) is 6.19. The summed E-state index contributed by atoms with van der Waals surface area (Å²) in [5, 5.41) is 13.4. The van der Waals surface area contributed by atoms with Crippen LogP contribution >= 0.6 is 11.6 Å². The summed E-state index contributed by atoms with van der Waals surface area (Å²) < 4.78 is 0. The lowest BCUT2D eigenvalue weighted by atomic mass is 10.2. The lowest BCUT2D eigenvalue weighted by Crippen LogP contribution is -2.22. The van der Waals surface area contributed by atoms with E-state index in [1.165, 1.54) is 0 Å². The minimum atomic E-state index is -0.318. The van der Waals surface area contributed by atoms with Crippen molar-refractivity contribution in [3.8, 4) is 5.75 Å². The van der Waals surface area contributed by atoms with E-state index in [0.717, 1.165) is 18.6 Å². The molecular weight excluding hydrogens is 282 g/mol. The predicted octanol–water partition coefficient (Wildman–Crippen LogP) is 2.66. The van der Waals surface area contributed by atoms with E-state index in [1.807, 2.05) is 6.26 Å². The molecule has 0 radical (unpaired) electrons. The number of benzene rings is 1. The van der Waals surface area contributed by atoms with Crippen LogP contribution in [0.3, 0.4) is 0 Å². The monoisotopic (exact) mass is 297 g/mol. The molecule has 2 aromatic rings. The number of unbranched alkanes of at least 4 members (excludes halogenated alkanes) is 1. The average molecular weight is 298 g/mol. The first kappa shape index (κ1) is 14.3. The smallest absolute Gasteiger partial charge is 0.303 e. The zero-order valence-corrected chi connectivity index (χ0v) is 12.5. The molecule has 102 valence electrons. The Morgan fingerprint density at radius 1 is 1.42 bits per heavy atom. The van der Waals surface area contributed by atoms with Crippen LogP contribution in [0.15, 0.2) is 27.9 Å². The molecule has 0 bridgehead atoms. The molecule has 0 aliphatic carbocycles. The summed E-state index contributed by atoms with van der Waals surface area (Å²) >= 11 is 5.92. The molecule has 0 amide bonds. The topological polar surface area (TPSA) is 55.9 Å². The van der Waals surface area contributed by atoms with Gasteiger partial charge in [0.1, 0.15) is 12.0 Å². The Labute approximate surface area is 120 Å². The maximum Gasteiger partial charge on any atom is 0.303 e. The highest BCUT2D eigenvalue weighted by Gasteiger charge is 2.21. The number of rotatable bonds is 4. The van der Waals surface area contributed by atoms with Crippen LogP contribution in [-0.2, 0) is 10.9 Å². The van der Waals surface area contributed by atoms with E-state index in [2.05, 4.69) is 11.9 Å². The van der Waals surface area contributed by atoms with E-state index < -0.39 is 0 Å². The van der Waals surface area contributed by atoms with Gasteiger partial charge < -0.3 is 10.1 Å². The molecule has 3 nitrogen and oxygen atoms in total. The minimum Gasteiger partial charge on any atom is -0.868 e. The number of halogens is 1. The van der Waals surface area contributed by atoms with Crippen LogP contribution in [-0.4, -0.2) is 17.0 Å². The van der Waals surface area contributed by atoms with Crippen LogP contribution in [0.4, 0.5) is 0 Å². The molecular formula is C14H16ClNO2S. The fourth-order valence-electron chi connectivity index (χ4n) is 2.00. The van der Waals surface area contributed by atoms with Gasteiger partial charge >= 0.3 is 5.56 Å². The quantitative estimate of drug-likeness (QED) is 0.882. The molecule has 1 aromatic carbocycles. The van der Waals surface area contributed by atoms with Gasteiger partial charge in [-0.15, -0.1) is 0 Å². The van der Waals surface area contributed by atoms with E-state index in [0.29, 0.717) is 20.8 Å². The highest BCUT2D eigenvalue weighted by molar-refractivity contribution is 7.96. The number of aromatic amines is 1. The first-order chi connectivity index (χ1) is 9.04. The third-order valence-corrected chi connectivity index (χ3v) is 5.24. The van der Waals surface area contributed by atoms with Gasteiger partial charge in [0.2, 0.25) is 4.90 Å². The number of hydrogen-bond acceptors (Lipinski definition) is 2. The van der Waals surface area contributed by atoms with Crippen molar-refractivity contribution in [3.05, 3.63) is 33.6 Å². The Bertz CT molecular complexity index is 654. The molecule has 1 N–H and O–H groups in total. The van der Waals surface area contributed by atoms with Crippen LogP contribution in [0.5, 0.6) is 5.75 Å². The van der Waals surface area contributed by atoms with Gasteiger partial charge in [-0.2, -0.15) is 0 Å². The van der Waals surface area contributed by atoms with E-state index in [1.54, 1.807) is 18.2 Å². The zero-order chi connectivity index (χ0) is 14.0. The van der Waals surface area contributed by atoms with Crippen LogP contribution < -0.4 is 10.7 Å². The summed E-state index contributed by atoms with van der Waals surface area (Å²) in [6, 6.07) is 4.96. The van der Waals surface area contributed by atoms with E-state index in [9.17, 15) is 9.90 Å². The Balaban J connectivity index is 2.58. The van der Waals surface area contributed by atoms with Gasteiger partial charge in [0.15, 0.2) is 0 Å². The zero-order valence-electron chi connectivity index (χ0n) is 11.0. The van der Waals surface area contributed by atoms with Gasteiger partial charge in [-0.1, -0.05) is 24.9 Å². The fourth-order valence-corrected chi connectivity index (χ4v) is 3.89. The van der Waals surface area contributed by atoms with Crippen molar-refractivity contribution in [1.29, 1.82) is 0 Å². The van der Waals surface area contributed by atoms with Crippen molar-refractivity contribution in [1.82, 2.24) is 4.98 Å². The number of nitrogens with one attached hydrogen (secondary N) is 1. The molecule has 1 aromatic heterocycles. The molecule has 5 heteroatoms. The lowest BCUT2D eigenvalue weighted by molar-refractivity contribution is -0.270. The summed E-state index contributed by atoms with van der Waals surface area (Å²) in [7, 11) is -0.318. The fraction of sp³-hybridized carbons (Fsp3) is 0.357. The second-order valence-electron chi connectivity index (χ2n) is 4.50. The predicted molar refractivity (Wildman–Crippen MR) is 80.4 cm³/mol. The van der Waals surface area contributed by atoms with Crippen molar-refractivity contribution in [2.45, 2.75) is 24.7 Å². The second-order valence-corrected chi connectivity index (χ2v) is 7.02. The normalized spacial score (nSPS) is 12.8. The molecule has 0 fully saturated rings. The summed E-state index contributed by atoms with van der Waals surface area (Å²) in [5.74, 6) is 0.698. The molecule has 0 saturated heterocycles. The number of aromatic nitrogens is 1. The van der Waals surface area contributed by atoms with Crippen molar-refractivity contribution < 1.29 is 5.11 Å². The number of H-pyrrole nitrogens is 1. The average Bonchev–Trinajstić information content (AvgIpc) is 2.37. The Morgan fingerprint density at radius 2 is 2.16 bits per heavy atom. The standard InChI is InChI=1S/C14H16ClNO2S/c1-3-4-7-19(2)13-12(17)10-8-9(15)5-6-11(10)16-14(13)18/h5-6,8H,3-4,7H2,1-2H3,(H-,16,17,18). The Kier molecular flexibility index (Phi) is 4.42.